The summed E-state index contributed by atoms with van der Waals surface area (Å²) in [5.41, 5.74) is 0.853. The number of nitrogens with zero attached hydrogens (tertiary/aromatic N) is 2. The standard InChI is InChI=1S/C15H24N2O2S/c1-10(18)8-9-17(3)15(19)13-11(2)16-14(20-13)12-6-4-5-7-12/h10,12,18H,4-9H2,1-3H3. The van der Waals surface area contributed by atoms with E-state index in [1.165, 1.54) is 25.7 Å². The molecule has 0 aliphatic heterocycles. The van der Waals surface area contributed by atoms with Gasteiger partial charge in [0.25, 0.3) is 5.91 Å². The van der Waals surface area contributed by atoms with Crippen molar-refractivity contribution in [2.45, 2.75) is 58.0 Å². The van der Waals surface area contributed by atoms with Crippen molar-refractivity contribution in [3.63, 3.8) is 0 Å². The molecule has 1 saturated carbocycles. The Labute approximate surface area is 124 Å². The van der Waals surface area contributed by atoms with Gasteiger partial charge >= 0.3 is 0 Å². The normalized spacial score (nSPS) is 17.4. The molecule has 1 aliphatic carbocycles. The fourth-order valence-corrected chi connectivity index (χ4v) is 3.85. The number of hydrogen-bond donors (Lipinski definition) is 1. The molecular weight excluding hydrogens is 272 g/mol. The number of rotatable bonds is 5. The zero-order valence-electron chi connectivity index (χ0n) is 12.6. The predicted molar refractivity (Wildman–Crippen MR) is 81.3 cm³/mol. The summed E-state index contributed by atoms with van der Waals surface area (Å²) >= 11 is 1.56. The third-order valence-electron chi connectivity index (χ3n) is 3.94. The van der Waals surface area contributed by atoms with Crippen molar-refractivity contribution in [1.29, 1.82) is 0 Å². The van der Waals surface area contributed by atoms with E-state index in [1.807, 2.05) is 6.92 Å². The monoisotopic (exact) mass is 296 g/mol. The van der Waals surface area contributed by atoms with Crippen LogP contribution in [0.15, 0.2) is 0 Å². The lowest BCUT2D eigenvalue weighted by atomic mass is 10.1. The molecule has 2 rings (SSSR count). The second-order valence-electron chi connectivity index (χ2n) is 5.81. The molecule has 1 heterocycles. The van der Waals surface area contributed by atoms with Crippen LogP contribution in [0.25, 0.3) is 0 Å². The van der Waals surface area contributed by atoms with Gasteiger partial charge in [-0.3, -0.25) is 4.79 Å². The molecule has 1 aromatic heterocycles. The first-order valence-corrected chi connectivity index (χ1v) is 8.21. The van der Waals surface area contributed by atoms with Gasteiger partial charge in [-0.2, -0.15) is 0 Å². The molecule has 1 unspecified atom stereocenters. The molecule has 5 heteroatoms. The molecule has 4 nitrogen and oxygen atoms in total. The SMILES string of the molecule is Cc1nc(C2CCCC2)sc1C(=O)N(C)CCC(C)O. The molecule has 1 amide bonds. The van der Waals surface area contributed by atoms with Crippen molar-refractivity contribution in [3.8, 4) is 0 Å². The molecule has 0 radical (unpaired) electrons. The molecular formula is C15H24N2O2S. The van der Waals surface area contributed by atoms with E-state index in [0.717, 1.165) is 15.6 Å². The first-order chi connectivity index (χ1) is 9.49. The van der Waals surface area contributed by atoms with E-state index >= 15 is 0 Å². The van der Waals surface area contributed by atoms with Gasteiger partial charge in [-0.15, -0.1) is 11.3 Å². The number of aryl methyl sites for hydroxylation is 1. The van der Waals surface area contributed by atoms with E-state index in [1.54, 1.807) is 30.2 Å². The highest BCUT2D eigenvalue weighted by atomic mass is 32.1. The van der Waals surface area contributed by atoms with Crippen molar-refractivity contribution < 1.29 is 9.90 Å². The second kappa shape index (κ2) is 6.68. The van der Waals surface area contributed by atoms with Crippen LogP contribution in [-0.2, 0) is 0 Å². The van der Waals surface area contributed by atoms with E-state index < -0.39 is 0 Å². The summed E-state index contributed by atoms with van der Waals surface area (Å²) < 4.78 is 0. The van der Waals surface area contributed by atoms with E-state index in [2.05, 4.69) is 4.98 Å². The third kappa shape index (κ3) is 3.58. The Hall–Kier alpha value is -0.940. The smallest absolute Gasteiger partial charge is 0.265 e. The topological polar surface area (TPSA) is 53.4 Å². The molecule has 0 saturated heterocycles. The Balaban J connectivity index is 2.05. The minimum atomic E-state index is -0.373. The van der Waals surface area contributed by atoms with Gasteiger partial charge in [0, 0.05) is 19.5 Å². The van der Waals surface area contributed by atoms with Crippen LogP contribution in [0.5, 0.6) is 0 Å². The van der Waals surface area contributed by atoms with E-state index in [9.17, 15) is 9.90 Å². The lowest BCUT2D eigenvalue weighted by Gasteiger charge is -2.17. The number of amides is 1. The maximum Gasteiger partial charge on any atom is 0.265 e. The van der Waals surface area contributed by atoms with E-state index in [0.29, 0.717) is 18.9 Å². The molecule has 20 heavy (non-hydrogen) atoms. The molecule has 1 atom stereocenters. The maximum atomic E-state index is 12.4. The zero-order chi connectivity index (χ0) is 14.7. The van der Waals surface area contributed by atoms with Crippen molar-refractivity contribution in [3.05, 3.63) is 15.6 Å². The molecule has 112 valence electrons. The van der Waals surface area contributed by atoms with Crippen LogP contribution in [0.4, 0.5) is 0 Å². The molecule has 0 spiro atoms. The Morgan fingerprint density at radius 3 is 2.75 bits per heavy atom. The van der Waals surface area contributed by atoms with Gasteiger partial charge in [0.2, 0.25) is 0 Å². The van der Waals surface area contributed by atoms with Crippen LogP contribution in [-0.4, -0.2) is 40.6 Å². The molecule has 1 aliphatic rings. The van der Waals surface area contributed by atoms with Gasteiger partial charge in [0.1, 0.15) is 4.88 Å². The molecule has 0 aromatic carbocycles. The van der Waals surface area contributed by atoms with Crippen LogP contribution < -0.4 is 0 Å². The van der Waals surface area contributed by atoms with E-state index in [4.69, 9.17) is 0 Å². The van der Waals surface area contributed by atoms with Crippen LogP contribution in [0.2, 0.25) is 0 Å². The van der Waals surface area contributed by atoms with Crippen LogP contribution >= 0.6 is 11.3 Å². The molecule has 1 fully saturated rings. The lowest BCUT2D eigenvalue weighted by molar-refractivity contribution is 0.0773. The summed E-state index contributed by atoms with van der Waals surface area (Å²) in [6, 6.07) is 0. The number of aliphatic hydroxyl groups is 1. The first-order valence-electron chi connectivity index (χ1n) is 7.40. The Kier molecular flexibility index (Phi) is 5.16. The predicted octanol–water partition coefficient (Wildman–Crippen LogP) is 2.95. The third-order valence-corrected chi connectivity index (χ3v) is 5.25. The van der Waals surface area contributed by atoms with Crippen molar-refractivity contribution in [2.24, 2.45) is 0 Å². The number of hydrogen-bond acceptors (Lipinski definition) is 4. The Bertz CT molecular complexity index is 464. The summed E-state index contributed by atoms with van der Waals surface area (Å²) in [5, 5.41) is 10.4. The summed E-state index contributed by atoms with van der Waals surface area (Å²) in [7, 11) is 1.79. The highest BCUT2D eigenvalue weighted by molar-refractivity contribution is 7.13. The number of aromatic nitrogens is 1. The zero-order valence-corrected chi connectivity index (χ0v) is 13.4. The quantitative estimate of drug-likeness (QED) is 0.909. The number of thiazole rings is 1. The summed E-state index contributed by atoms with van der Waals surface area (Å²) in [6.45, 7) is 4.24. The van der Waals surface area contributed by atoms with Gasteiger partial charge in [0.05, 0.1) is 16.8 Å². The van der Waals surface area contributed by atoms with Crippen molar-refractivity contribution >= 4 is 17.2 Å². The van der Waals surface area contributed by atoms with Gasteiger partial charge in [-0.25, -0.2) is 4.98 Å². The fourth-order valence-electron chi connectivity index (χ4n) is 2.62. The second-order valence-corrected chi connectivity index (χ2v) is 6.84. The lowest BCUT2D eigenvalue weighted by Crippen LogP contribution is -2.29. The van der Waals surface area contributed by atoms with Crippen LogP contribution in [0.1, 0.15) is 65.3 Å². The van der Waals surface area contributed by atoms with Gasteiger partial charge in [0.15, 0.2) is 0 Å². The van der Waals surface area contributed by atoms with Crippen LogP contribution in [0, 0.1) is 6.92 Å². The number of aliphatic hydroxyl groups excluding tert-OH is 1. The summed E-state index contributed by atoms with van der Waals surface area (Å²) in [4.78, 5) is 19.5. The van der Waals surface area contributed by atoms with Gasteiger partial charge in [-0.05, 0) is 33.1 Å². The summed E-state index contributed by atoms with van der Waals surface area (Å²) in [6.07, 6.45) is 5.20. The molecule has 0 bridgehead atoms. The largest absolute Gasteiger partial charge is 0.393 e. The average Bonchev–Trinajstić information content (AvgIpc) is 3.03. The van der Waals surface area contributed by atoms with Crippen molar-refractivity contribution in [2.75, 3.05) is 13.6 Å². The Morgan fingerprint density at radius 1 is 1.50 bits per heavy atom. The highest BCUT2D eigenvalue weighted by Crippen LogP contribution is 2.37. The minimum absolute atomic E-state index is 0.0323. The maximum absolute atomic E-state index is 12.4. The van der Waals surface area contributed by atoms with Gasteiger partial charge < -0.3 is 10.0 Å². The van der Waals surface area contributed by atoms with Gasteiger partial charge in [-0.1, -0.05) is 12.8 Å². The number of carbonyl (C=O) groups is 1. The van der Waals surface area contributed by atoms with E-state index in [-0.39, 0.29) is 12.0 Å². The fraction of sp³-hybridized carbons (Fsp3) is 0.733. The van der Waals surface area contributed by atoms with Crippen molar-refractivity contribution in [1.82, 2.24) is 9.88 Å². The van der Waals surface area contributed by atoms with Crippen LogP contribution in [0.3, 0.4) is 0 Å². The Morgan fingerprint density at radius 2 is 2.15 bits per heavy atom. The number of carbonyl (C=O) groups excluding carboxylic acids is 1. The molecule has 1 aromatic rings. The summed E-state index contributed by atoms with van der Waals surface area (Å²) in [5.74, 6) is 0.591. The first kappa shape index (κ1) is 15.4. The molecule has 1 N–H and O–H groups in total. The highest BCUT2D eigenvalue weighted by Gasteiger charge is 2.25. The minimum Gasteiger partial charge on any atom is -0.393 e. The average molecular weight is 296 g/mol.